The van der Waals surface area contributed by atoms with Gasteiger partial charge in [-0.25, -0.2) is 4.90 Å². The van der Waals surface area contributed by atoms with Crippen LogP contribution in [0.5, 0.6) is 11.5 Å². The number of amides is 2. The molecule has 1 N–H and O–H groups in total. The quantitative estimate of drug-likeness (QED) is 0.431. The maximum atomic E-state index is 12.6. The van der Waals surface area contributed by atoms with Crippen molar-refractivity contribution in [3.63, 3.8) is 0 Å². The fourth-order valence-electron chi connectivity index (χ4n) is 3.86. The van der Waals surface area contributed by atoms with Gasteiger partial charge in [-0.05, 0) is 47.9 Å². The molecule has 1 heterocycles. The Morgan fingerprint density at radius 2 is 1.30 bits per heavy atom. The Bertz CT molecular complexity index is 1290. The normalized spacial score (nSPS) is 13.8. The van der Waals surface area contributed by atoms with Gasteiger partial charge in [-0.15, -0.1) is 0 Å². The third kappa shape index (κ3) is 4.04. The number of anilines is 1. The molecule has 1 aliphatic rings. The molecule has 1 aliphatic heterocycles. The van der Waals surface area contributed by atoms with Crippen LogP contribution in [-0.4, -0.2) is 36.2 Å². The topological polar surface area (TPSA) is 76.1 Å². The number of aliphatic hydroxyl groups excluding tert-OH is 1. The van der Waals surface area contributed by atoms with Crippen LogP contribution in [0.15, 0.2) is 91.0 Å². The number of aliphatic hydroxyl groups is 1. The number of hydrogen-bond acceptors (Lipinski definition) is 5. The van der Waals surface area contributed by atoms with E-state index in [-0.39, 0.29) is 25.0 Å². The minimum absolute atomic E-state index is 0.0388. The summed E-state index contributed by atoms with van der Waals surface area (Å²) in [7, 11) is 0. The van der Waals surface area contributed by atoms with Crippen molar-refractivity contribution in [2.24, 2.45) is 0 Å². The van der Waals surface area contributed by atoms with Gasteiger partial charge in [-0.2, -0.15) is 0 Å². The summed E-state index contributed by atoms with van der Waals surface area (Å²) in [6.45, 7) is 0.123. The minimum atomic E-state index is -0.833. The molecule has 0 unspecified atom stereocenters. The van der Waals surface area contributed by atoms with Gasteiger partial charge in [-0.1, -0.05) is 48.5 Å². The first-order chi connectivity index (χ1) is 16.1. The number of carbonyl (C=O) groups is 2. The van der Waals surface area contributed by atoms with Gasteiger partial charge in [-0.3, -0.25) is 9.59 Å². The fourth-order valence-corrected chi connectivity index (χ4v) is 3.86. The second-order valence-corrected chi connectivity index (χ2v) is 7.74. The van der Waals surface area contributed by atoms with Crippen molar-refractivity contribution in [3.8, 4) is 11.5 Å². The molecule has 6 nitrogen and oxygen atoms in total. The van der Waals surface area contributed by atoms with Crippen molar-refractivity contribution in [2.45, 2.75) is 6.10 Å². The predicted molar refractivity (Wildman–Crippen MR) is 125 cm³/mol. The van der Waals surface area contributed by atoms with Gasteiger partial charge >= 0.3 is 0 Å². The van der Waals surface area contributed by atoms with Gasteiger partial charge in [0, 0.05) is 5.39 Å². The molecule has 0 saturated carbocycles. The summed E-state index contributed by atoms with van der Waals surface area (Å²) in [6.07, 6.45) is -0.833. The van der Waals surface area contributed by atoms with Crippen molar-refractivity contribution in [2.75, 3.05) is 18.1 Å². The van der Waals surface area contributed by atoms with Gasteiger partial charge in [0.15, 0.2) is 0 Å². The van der Waals surface area contributed by atoms with E-state index >= 15 is 0 Å². The third-order valence-corrected chi connectivity index (χ3v) is 5.51. The molecule has 0 fully saturated rings. The second kappa shape index (κ2) is 8.76. The van der Waals surface area contributed by atoms with Gasteiger partial charge in [0.2, 0.25) is 0 Å². The van der Waals surface area contributed by atoms with Crippen LogP contribution >= 0.6 is 0 Å². The van der Waals surface area contributed by atoms with E-state index in [9.17, 15) is 14.7 Å². The Morgan fingerprint density at radius 3 is 2.03 bits per heavy atom. The molecule has 6 heteroatoms. The lowest BCUT2D eigenvalue weighted by Crippen LogP contribution is -2.29. The van der Waals surface area contributed by atoms with Crippen LogP contribution in [-0.2, 0) is 0 Å². The van der Waals surface area contributed by atoms with Crippen LogP contribution in [0.2, 0.25) is 0 Å². The summed E-state index contributed by atoms with van der Waals surface area (Å²) < 4.78 is 11.5. The average Bonchev–Trinajstić information content (AvgIpc) is 3.11. The lowest BCUT2D eigenvalue weighted by molar-refractivity contribution is 0.0632. The van der Waals surface area contributed by atoms with E-state index in [0.717, 1.165) is 15.7 Å². The van der Waals surface area contributed by atoms with Gasteiger partial charge < -0.3 is 14.6 Å². The van der Waals surface area contributed by atoms with E-state index in [0.29, 0.717) is 28.3 Å². The Hall–Kier alpha value is -4.16. The van der Waals surface area contributed by atoms with Crippen LogP contribution in [0.25, 0.3) is 10.8 Å². The Balaban J connectivity index is 1.18. The molecule has 0 aromatic heterocycles. The Labute approximate surface area is 190 Å². The number of benzene rings is 4. The molecule has 33 heavy (non-hydrogen) atoms. The average molecular weight is 439 g/mol. The molecule has 2 amide bonds. The molecular weight excluding hydrogens is 418 g/mol. The van der Waals surface area contributed by atoms with Gasteiger partial charge in [0.05, 0.1) is 16.8 Å². The van der Waals surface area contributed by atoms with Crippen molar-refractivity contribution in [1.29, 1.82) is 0 Å². The van der Waals surface area contributed by atoms with Gasteiger partial charge in [0.1, 0.15) is 30.8 Å². The molecule has 0 bridgehead atoms. The third-order valence-electron chi connectivity index (χ3n) is 5.51. The number of nitrogens with zero attached hydrogens (tertiary/aromatic N) is 1. The maximum absolute atomic E-state index is 12.6. The summed E-state index contributed by atoms with van der Waals surface area (Å²) in [4.78, 5) is 26.4. The monoisotopic (exact) mass is 439 g/mol. The minimum Gasteiger partial charge on any atom is -0.491 e. The first-order valence-corrected chi connectivity index (χ1v) is 10.6. The van der Waals surface area contributed by atoms with Crippen LogP contribution in [0.3, 0.4) is 0 Å². The van der Waals surface area contributed by atoms with E-state index in [2.05, 4.69) is 0 Å². The molecular formula is C27H21NO5. The highest BCUT2D eigenvalue weighted by atomic mass is 16.5. The van der Waals surface area contributed by atoms with E-state index < -0.39 is 6.10 Å². The lowest BCUT2D eigenvalue weighted by atomic mass is 10.1. The maximum Gasteiger partial charge on any atom is 0.266 e. The number of fused-ring (bicyclic) bond motifs is 2. The summed E-state index contributed by atoms with van der Waals surface area (Å²) in [6, 6.07) is 27.1. The standard InChI is InChI=1S/C27H21NO5/c29-20(17-33-25-11-5-7-18-6-1-2-8-22(18)25)16-32-21-14-12-19(13-15-21)28-26(30)23-9-3-4-10-24(23)27(28)31/h1-15,20,29H,16-17H2/t20-/m1/s1. The SMILES string of the molecule is O=C1c2ccccc2C(=O)N1c1ccc(OC[C@@H](O)COc2cccc3ccccc23)cc1. The molecule has 4 aromatic rings. The van der Waals surface area contributed by atoms with Crippen molar-refractivity contribution < 1.29 is 24.2 Å². The van der Waals surface area contributed by atoms with E-state index in [1.807, 2.05) is 42.5 Å². The van der Waals surface area contributed by atoms with Crippen LogP contribution < -0.4 is 14.4 Å². The summed E-state index contributed by atoms with van der Waals surface area (Å²) in [5.41, 5.74) is 1.27. The summed E-state index contributed by atoms with van der Waals surface area (Å²) >= 11 is 0. The molecule has 0 aliphatic carbocycles. The lowest BCUT2D eigenvalue weighted by Gasteiger charge is -2.16. The highest BCUT2D eigenvalue weighted by Gasteiger charge is 2.36. The van der Waals surface area contributed by atoms with Crippen molar-refractivity contribution in [3.05, 3.63) is 102 Å². The Kier molecular flexibility index (Phi) is 5.50. The van der Waals surface area contributed by atoms with E-state index in [1.54, 1.807) is 48.5 Å². The van der Waals surface area contributed by atoms with E-state index in [4.69, 9.17) is 9.47 Å². The molecule has 0 saturated heterocycles. The predicted octanol–water partition coefficient (Wildman–Crippen LogP) is 4.46. The van der Waals surface area contributed by atoms with E-state index in [1.165, 1.54) is 0 Å². The highest BCUT2D eigenvalue weighted by molar-refractivity contribution is 6.34. The number of carbonyl (C=O) groups excluding carboxylic acids is 2. The summed E-state index contributed by atoms with van der Waals surface area (Å²) in [5, 5.41) is 12.3. The fraction of sp³-hybridized carbons (Fsp3) is 0.111. The van der Waals surface area contributed by atoms with Crippen molar-refractivity contribution >= 4 is 28.3 Å². The zero-order valence-electron chi connectivity index (χ0n) is 17.7. The number of imide groups is 1. The number of hydrogen-bond donors (Lipinski definition) is 1. The van der Waals surface area contributed by atoms with Crippen LogP contribution in [0.4, 0.5) is 5.69 Å². The zero-order chi connectivity index (χ0) is 22.8. The largest absolute Gasteiger partial charge is 0.491 e. The first kappa shape index (κ1) is 20.7. The van der Waals surface area contributed by atoms with Gasteiger partial charge in [0.25, 0.3) is 11.8 Å². The van der Waals surface area contributed by atoms with Crippen LogP contribution in [0, 0.1) is 0 Å². The number of rotatable bonds is 7. The molecule has 164 valence electrons. The molecule has 0 spiro atoms. The molecule has 4 aromatic carbocycles. The summed E-state index contributed by atoms with van der Waals surface area (Å²) in [5.74, 6) is 0.535. The second-order valence-electron chi connectivity index (χ2n) is 7.74. The highest BCUT2D eigenvalue weighted by Crippen LogP contribution is 2.29. The molecule has 0 radical (unpaired) electrons. The Morgan fingerprint density at radius 1 is 0.697 bits per heavy atom. The molecule has 1 atom stereocenters. The van der Waals surface area contributed by atoms with Crippen LogP contribution in [0.1, 0.15) is 20.7 Å². The smallest absolute Gasteiger partial charge is 0.266 e. The zero-order valence-corrected chi connectivity index (χ0v) is 17.7. The first-order valence-electron chi connectivity index (χ1n) is 10.6. The number of ether oxygens (including phenoxy) is 2. The molecule has 5 rings (SSSR count). The van der Waals surface area contributed by atoms with Crippen molar-refractivity contribution in [1.82, 2.24) is 0 Å².